The number of benzene rings is 1. The topological polar surface area (TPSA) is 37.0 Å². The first-order valence-corrected chi connectivity index (χ1v) is 4.90. The van der Waals surface area contributed by atoms with Crippen LogP contribution in [-0.4, -0.2) is 11.9 Å². The molecule has 1 radical (unpaired) electrons. The minimum atomic E-state index is -1.03. The molecule has 0 aliphatic rings. The van der Waals surface area contributed by atoms with Gasteiger partial charge in [-0.25, -0.2) is 5.11 Å². The molecular weight excluding hydrogens is 176 g/mol. The van der Waals surface area contributed by atoms with Crippen molar-refractivity contribution < 1.29 is 9.90 Å². The van der Waals surface area contributed by atoms with Crippen molar-refractivity contribution in [1.29, 1.82) is 0 Å². The molecule has 0 aliphatic heterocycles. The Kier molecular flexibility index (Phi) is 4.33. The Morgan fingerprint density at radius 1 is 1.29 bits per heavy atom. The second kappa shape index (κ2) is 5.55. The molecule has 0 N–H and O–H groups in total. The molecule has 0 bridgehead atoms. The fraction of sp³-hybridized carbons (Fsp3) is 0.417. The maximum absolute atomic E-state index is 11.1. The van der Waals surface area contributed by atoms with Crippen molar-refractivity contribution >= 4 is 5.78 Å². The first kappa shape index (κ1) is 10.9. The third-order valence-corrected chi connectivity index (χ3v) is 2.23. The molecule has 2 nitrogen and oxygen atoms in total. The van der Waals surface area contributed by atoms with Gasteiger partial charge in [0.15, 0.2) is 11.9 Å². The summed E-state index contributed by atoms with van der Waals surface area (Å²) < 4.78 is 0. The quantitative estimate of drug-likeness (QED) is 0.704. The van der Waals surface area contributed by atoms with Gasteiger partial charge in [-0.15, -0.1) is 0 Å². The molecule has 0 spiro atoms. The van der Waals surface area contributed by atoms with Gasteiger partial charge in [0.1, 0.15) is 0 Å². The number of hydrogen-bond acceptors (Lipinski definition) is 1. The van der Waals surface area contributed by atoms with E-state index in [4.69, 9.17) is 0 Å². The maximum Gasteiger partial charge on any atom is 0.161 e. The van der Waals surface area contributed by atoms with Crippen LogP contribution in [0.2, 0.25) is 0 Å². The molecule has 0 aliphatic carbocycles. The summed E-state index contributed by atoms with van der Waals surface area (Å²) in [6.45, 7) is 1.36. The Labute approximate surface area is 84.6 Å². The lowest BCUT2D eigenvalue weighted by molar-refractivity contribution is -0.128. The molecule has 0 amide bonds. The lowest BCUT2D eigenvalue weighted by Gasteiger charge is -2.03. The molecule has 0 saturated carbocycles. The number of carbonyl (C=O) groups excluding carboxylic acids is 1. The van der Waals surface area contributed by atoms with Gasteiger partial charge in [-0.1, -0.05) is 30.3 Å². The lowest BCUT2D eigenvalue weighted by atomic mass is 10.0. The van der Waals surface area contributed by atoms with E-state index in [0.717, 1.165) is 12.8 Å². The van der Waals surface area contributed by atoms with Crippen LogP contribution in [0.5, 0.6) is 0 Å². The van der Waals surface area contributed by atoms with Crippen LogP contribution in [0.3, 0.4) is 0 Å². The third kappa shape index (κ3) is 3.71. The second-order valence-electron chi connectivity index (χ2n) is 3.48. The zero-order chi connectivity index (χ0) is 10.4. The van der Waals surface area contributed by atoms with E-state index in [0.29, 0.717) is 6.42 Å². The van der Waals surface area contributed by atoms with E-state index >= 15 is 0 Å². The van der Waals surface area contributed by atoms with Crippen LogP contribution in [0.15, 0.2) is 30.3 Å². The number of hydrogen-bond donors (Lipinski definition) is 0. The highest BCUT2D eigenvalue weighted by atomic mass is 16.3. The molecule has 0 fully saturated rings. The van der Waals surface area contributed by atoms with Gasteiger partial charge >= 0.3 is 0 Å². The summed E-state index contributed by atoms with van der Waals surface area (Å²) in [5.74, 6) is -0.252. The standard InChI is InChI=1S/C12H15O2/c1-10(13)12(14)9-5-8-11-6-3-2-4-7-11/h2-4,6-7,12H,5,8-9H2,1H3. The SMILES string of the molecule is CC(=O)C([O])CCCc1ccccc1. The van der Waals surface area contributed by atoms with Crippen LogP contribution >= 0.6 is 0 Å². The van der Waals surface area contributed by atoms with Crippen LogP contribution in [0.1, 0.15) is 25.3 Å². The first-order valence-electron chi connectivity index (χ1n) is 4.90. The Hall–Kier alpha value is -1.15. The average molecular weight is 191 g/mol. The van der Waals surface area contributed by atoms with Gasteiger partial charge in [0, 0.05) is 0 Å². The minimum Gasteiger partial charge on any atom is -0.297 e. The van der Waals surface area contributed by atoms with Crippen molar-refractivity contribution in [2.24, 2.45) is 0 Å². The number of rotatable bonds is 5. The van der Waals surface area contributed by atoms with Gasteiger partial charge in [0.25, 0.3) is 0 Å². The summed E-state index contributed by atoms with van der Waals surface area (Å²) >= 11 is 0. The molecule has 2 heteroatoms. The number of Topliss-reactive ketones (excluding diaryl/α,β-unsaturated/α-hetero) is 1. The van der Waals surface area contributed by atoms with Gasteiger partial charge < -0.3 is 0 Å². The zero-order valence-corrected chi connectivity index (χ0v) is 8.40. The Morgan fingerprint density at radius 2 is 1.93 bits per heavy atom. The summed E-state index contributed by atoms with van der Waals surface area (Å²) in [6, 6.07) is 10.0. The van der Waals surface area contributed by atoms with Gasteiger partial charge in [-0.2, -0.15) is 0 Å². The number of carbonyl (C=O) groups is 1. The highest BCUT2D eigenvalue weighted by Crippen LogP contribution is 2.07. The van der Waals surface area contributed by atoms with E-state index in [1.807, 2.05) is 30.3 Å². The number of ketones is 1. The fourth-order valence-electron chi connectivity index (χ4n) is 1.34. The summed E-state index contributed by atoms with van der Waals surface area (Å²) in [5.41, 5.74) is 1.23. The van der Waals surface area contributed by atoms with Crippen molar-refractivity contribution in [1.82, 2.24) is 0 Å². The van der Waals surface area contributed by atoms with E-state index in [1.165, 1.54) is 12.5 Å². The van der Waals surface area contributed by atoms with Crippen molar-refractivity contribution in [3.05, 3.63) is 35.9 Å². The van der Waals surface area contributed by atoms with Crippen molar-refractivity contribution in [2.45, 2.75) is 32.3 Å². The van der Waals surface area contributed by atoms with Crippen LogP contribution in [0.4, 0.5) is 0 Å². The van der Waals surface area contributed by atoms with Gasteiger partial charge in [-0.05, 0) is 31.7 Å². The highest BCUT2D eigenvalue weighted by molar-refractivity contribution is 5.79. The minimum absolute atomic E-state index is 0.252. The smallest absolute Gasteiger partial charge is 0.161 e. The molecule has 1 aromatic carbocycles. The fourth-order valence-corrected chi connectivity index (χ4v) is 1.34. The highest BCUT2D eigenvalue weighted by Gasteiger charge is 2.10. The molecular formula is C12H15O2. The molecule has 0 aromatic heterocycles. The van der Waals surface area contributed by atoms with Gasteiger partial charge in [-0.3, -0.25) is 4.79 Å². The molecule has 1 atom stereocenters. The third-order valence-electron chi connectivity index (χ3n) is 2.23. The normalized spacial score (nSPS) is 12.4. The average Bonchev–Trinajstić information content (AvgIpc) is 2.19. The largest absolute Gasteiger partial charge is 0.297 e. The Bertz CT molecular complexity index is 280. The van der Waals surface area contributed by atoms with E-state index in [9.17, 15) is 9.90 Å². The van der Waals surface area contributed by atoms with Gasteiger partial charge in [0.2, 0.25) is 0 Å². The van der Waals surface area contributed by atoms with E-state index in [1.54, 1.807) is 0 Å². The molecule has 0 saturated heterocycles. The van der Waals surface area contributed by atoms with E-state index in [-0.39, 0.29) is 5.78 Å². The van der Waals surface area contributed by atoms with Crippen LogP contribution in [0.25, 0.3) is 0 Å². The summed E-state index contributed by atoms with van der Waals surface area (Å²) in [6.07, 6.45) is 1.09. The van der Waals surface area contributed by atoms with Crippen molar-refractivity contribution in [3.63, 3.8) is 0 Å². The molecule has 1 aromatic rings. The van der Waals surface area contributed by atoms with Crippen LogP contribution in [0, 0.1) is 0 Å². The molecule has 14 heavy (non-hydrogen) atoms. The van der Waals surface area contributed by atoms with E-state index < -0.39 is 6.10 Å². The monoisotopic (exact) mass is 191 g/mol. The Balaban J connectivity index is 2.26. The molecule has 1 rings (SSSR count). The van der Waals surface area contributed by atoms with Crippen LogP contribution < -0.4 is 0 Å². The predicted molar refractivity (Wildman–Crippen MR) is 54.5 cm³/mol. The van der Waals surface area contributed by atoms with Crippen LogP contribution in [-0.2, 0) is 16.3 Å². The maximum atomic E-state index is 11.1. The van der Waals surface area contributed by atoms with E-state index in [2.05, 4.69) is 0 Å². The molecule has 0 heterocycles. The van der Waals surface area contributed by atoms with Crippen molar-refractivity contribution in [3.8, 4) is 0 Å². The van der Waals surface area contributed by atoms with Crippen molar-refractivity contribution in [2.75, 3.05) is 0 Å². The lowest BCUT2D eigenvalue weighted by Crippen LogP contribution is -2.14. The molecule has 75 valence electrons. The summed E-state index contributed by atoms with van der Waals surface area (Å²) in [7, 11) is 0. The first-order chi connectivity index (χ1) is 6.70. The van der Waals surface area contributed by atoms with Gasteiger partial charge in [0.05, 0.1) is 0 Å². The summed E-state index contributed by atoms with van der Waals surface area (Å²) in [4.78, 5) is 10.7. The zero-order valence-electron chi connectivity index (χ0n) is 8.40. The predicted octanol–water partition coefficient (Wildman–Crippen LogP) is 2.40. The summed E-state index contributed by atoms with van der Waals surface area (Å²) in [5, 5.41) is 11.1. The second-order valence-corrected chi connectivity index (χ2v) is 3.48. The Morgan fingerprint density at radius 3 is 2.50 bits per heavy atom. The number of aryl methyl sites for hydroxylation is 1. The molecule has 1 unspecified atom stereocenters.